The van der Waals surface area contributed by atoms with Gasteiger partial charge in [-0.05, 0) is 60.8 Å². The molecule has 0 N–H and O–H groups in total. The van der Waals surface area contributed by atoms with E-state index in [9.17, 15) is 4.79 Å². The van der Waals surface area contributed by atoms with Crippen LogP contribution in [-0.4, -0.2) is 41.7 Å². The fourth-order valence-corrected chi connectivity index (χ4v) is 6.04. The third-order valence-electron chi connectivity index (χ3n) is 8.20. The van der Waals surface area contributed by atoms with Crippen molar-refractivity contribution in [3.63, 3.8) is 0 Å². The Hall–Kier alpha value is -3.57. The van der Waals surface area contributed by atoms with E-state index < -0.39 is 0 Å². The minimum Gasteiger partial charge on any atom is -0.489 e. The number of hydrogen-bond acceptors (Lipinski definition) is 3. The quantitative estimate of drug-likeness (QED) is 0.280. The number of carbonyl (C=O) groups is 1. The zero-order valence-electron chi connectivity index (χ0n) is 21.9. The van der Waals surface area contributed by atoms with Crippen molar-refractivity contribution in [3.05, 3.63) is 102 Å². The number of hydrogen-bond donors (Lipinski definition) is 0. The second-order valence-corrected chi connectivity index (χ2v) is 10.7. The molecule has 5 heteroatoms. The SMILES string of the molecule is O=C(c1cn(CC2CCC(c3ccccc3)CC2)c2cc(OCc3ccccc3)ccc12)N1CCOCC1. The minimum atomic E-state index is 0.0998. The van der Waals surface area contributed by atoms with Crippen molar-refractivity contribution in [2.24, 2.45) is 5.92 Å². The molecule has 1 aliphatic carbocycles. The predicted molar refractivity (Wildman–Crippen MR) is 151 cm³/mol. The molecule has 6 rings (SSSR count). The van der Waals surface area contributed by atoms with E-state index in [0.717, 1.165) is 34.3 Å². The van der Waals surface area contributed by atoms with Crippen LogP contribution in [0, 0.1) is 5.92 Å². The van der Waals surface area contributed by atoms with Crippen LogP contribution in [0.25, 0.3) is 10.9 Å². The molecule has 0 atom stereocenters. The van der Waals surface area contributed by atoms with Crippen molar-refractivity contribution in [1.29, 1.82) is 0 Å². The first-order valence-electron chi connectivity index (χ1n) is 14.0. The van der Waals surface area contributed by atoms with Gasteiger partial charge in [0.05, 0.1) is 24.3 Å². The first-order valence-corrected chi connectivity index (χ1v) is 14.0. The molecular formula is C33H36N2O3. The van der Waals surface area contributed by atoms with Gasteiger partial charge in [-0.2, -0.15) is 0 Å². The Morgan fingerprint density at radius 2 is 1.58 bits per heavy atom. The topological polar surface area (TPSA) is 43.7 Å². The average molecular weight is 509 g/mol. The van der Waals surface area contributed by atoms with Crippen LogP contribution < -0.4 is 4.74 Å². The van der Waals surface area contributed by atoms with Crippen molar-refractivity contribution in [2.75, 3.05) is 26.3 Å². The van der Waals surface area contributed by atoms with Crippen LogP contribution in [0.2, 0.25) is 0 Å². The van der Waals surface area contributed by atoms with Gasteiger partial charge in [-0.15, -0.1) is 0 Å². The van der Waals surface area contributed by atoms with Crippen molar-refractivity contribution < 1.29 is 14.3 Å². The van der Waals surface area contributed by atoms with Crippen molar-refractivity contribution >= 4 is 16.8 Å². The van der Waals surface area contributed by atoms with Crippen molar-refractivity contribution in [3.8, 4) is 5.75 Å². The Kier molecular flexibility index (Phi) is 7.45. The lowest BCUT2D eigenvalue weighted by Crippen LogP contribution is -2.40. The first-order chi connectivity index (χ1) is 18.7. The van der Waals surface area contributed by atoms with Gasteiger partial charge in [-0.1, -0.05) is 60.7 Å². The number of ether oxygens (including phenoxy) is 2. The number of benzene rings is 3. The molecule has 2 fully saturated rings. The van der Waals surface area contributed by atoms with E-state index in [0.29, 0.717) is 44.7 Å². The van der Waals surface area contributed by atoms with E-state index in [1.54, 1.807) is 0 Å². The molecule has 5 nitrogen and oxygen atoms in total. The highest BCUT2D eigenvalue weighted by Crippen LogP contribution is 2.37. The van der Waals surface area contributed by atoms with Crippen LogP contribution in [0.3, 0.4) is 0 Å². The number of rotatable bonds is 7. The Balaban J connectivity index is 1.23. The molecule has 0 bridgehead atoms. The van der Waals surface area contributed by atoms with Gasteiger partial charge >= 0.3 is 0 Å². The summed E-state index contributed by atoms with van der Waals surface area (Å²) in [6.45, 7) is 3.95. The standard InChI is InChI=1S/C33H36N2O3/c36-33(34-17-19-37-20-18-34)31-23-35(22-25-11-13-28(14-12-25)27-9-5-2-6-10-27)32-21-29(15-16-30(31)32)38-24-26-7-3-1-4-8-26/h1-10,15-16,21,23,25,28H,11-14,17-20,22,24H2. The highest BCUT2D eigenvalue weighted by atomic mass is 16.5. The summed E-state index contributed by atoms with van der Waals surface area (Å²) in [7, 11) is 0. The highest BCUT2D eigenvalue weighted by molar-refractivity contribution is 6.07. The molecular weight excluding hydrogens is 472 g/mol. The summed E-state index contributed by atoms with van der Waals surface area (Å²) < 4.78 is 14.0. The minimum absolute atomic E-state index is 0.0998. The van der Waals surface area contributed by atoms with Gasteiger partial charge in [0.2, 0.25) is 0 Å². The van der Waals surface area contributed by atoms with E-state index in [-0.39, 0.29) is 5.91 Å². The van der Waals surface area contributed by atoms with E-state index in [2.05, 4.69) is 65.4 Å². The fraction of sp³-hybridized carbons (Fsp3) is 0.364. The molecule has 3 aromatic carbocycles. The van der Waals surface area contributed by atoms with Gasteiger partial charge in [-0.25, -0.2) is 0 Å². The van der Waals surface area contributed by atoms with Gasteiger partial charge in [-0.3, -0.25) is 4.79 Å². The van der Waals surface area contributed by atoms with Gasteiger partial charge in [0.1, 0.15) is 12.4 Å². The maximum atomic E-state index is 13.5. The zero-order valence-corrected chi connectivity index (χ0v) is 21.9. The van der Waals surface area contributed by atoms with Crippen LogP contribution in [0.1, 0.15) is 53.1 Å². The summed E-state index contributed by atoms with van der Waals surface area (Å²) in [6.07, 6.45) is 6.94. The Labute approximate surface area is 225 Å². The summed E-state index contributed by atoms with van der Waals surface area (Å²) in [5, 5.41) is 1.01. The van der Waals surface area contributed by atoms with E-state index in [1.807, 2.05) is 29.2 Å². The number of aromatic nitrogens is 1. The average Bonchev–Trinajstić information content (AvgIpc) is 3.35. The molecule has 1 aromatic heterocycles. The molecule has 1 saturated carbocycles. The normalized spacial score (nSPS) is 19.9. The van der Waals surface area contributed by atoms with Crippen molar-refractivity contribution in [1.82, 2.24) is 9.47 Å². The smallest absolute Gasteiger partial charge is 0.256 e. The Bertz CT molecular complexity index is 1350. The van der Waals surface area contributed by atoms with Crippen LogP contribution in [0.4, 0.5) is 0 Å². The van der Waals surface area contributed by atoms with Gasteiger partial charge in [0, 0.05) is 37.3 Å². The van der Waals surface area contributed by atoms with Crippen molar-refractivity contribution in [2.45, 2.75) is 44.8 Å². The third-order valence-corrected chi connectivity index (χ3v) is 8.20. The Morgan fingerprint density at radius 3 is 2.32 bits per heavy atom. The number of carbonyl (C=O) groups excluding carboxylic acids is 1. The predicted octanol–water partition coefficient (Wildman–Crippen LogP) is 6.67. The van der Waals surface area contributed by atoms with E-state index in [1.165, 1.54) is 31.2 Å². The van der Waals surface area contributed by atoms with Gasteiger partial charge in [0.25, 0.3) is 5.91 Å². The molecule has 1 saturated heterocycles. The summed E-state index contributed by atoms with van der Waals surface area (Å²) >= 11 is 0. The van der Waals surface area contributed by atoms with Crippen LogP contribution >= 0.6 is 0 Å². The number of nitrogens with zero attached hydrogens (tertiary/aromatic N) is 2. The highest BCUT2D eigenvalue weighted by Gasteiger charge is 2.26. The van der Waals surface area contributed by atoms with Crippen LogP contribution in [0.15, 0.2) is 85.1 Å². The van der Waals surface area contributed by atoms with E-state index in [4.69, 9.17) is 9.47 Å². The summed E-state index contributed by atoms with van der Waals surface area (Å²) in [5.74, 6) is 2.19. The summed E-state index contributed by atoms with van der Waals surface area (Å²) in [6, 6.07) is 27.3. The third kappa shape index (κ3) is 5.48. The molecule has 4 aromatic rings. The second-order valence-electron chi connectivity index (χ2n) is 10.7. The summed E-state index contributed by atoms with van der Waals surface area (Å²) in [4.78, 5) is 15.5. The van der Waals surface area contributed by atoms with Crippen LogP contribution in [0.5, 0.6) is 5.75 Å². The number of fused-ring (bicyclic) bond motifs is 1. The Morgan fingerprint density at radius 1 is 0.868 bits per heavy atom. The fourth-order valence-electron chi connectivity index (χ4n) is 6.04. The lowest BCUT2D eigenvalue weighted by Gasteiger charge is -2.29. The molecule has 38 heavy (non-hydrogen) atoms. The monoisotopic (exact) mass is 508 g/mol. The van der Waals surface area contributed by atoms with E-state index >= 15 is 0 Å². The zero-order chi connectivity index (χ0) is 25.7. The molecule has 2 heterocycles. The molecule has 0 spiro atoms. The maximum absolute atomic E-state index is 13.5. The lowest BCUT2D eigenvalue weighted by atomic mass is 9.78. The second kappa shape index (κ2) is 11.4. The molecule has 2 aliphatic rings. The maximum Gasteiger partial charge on any atom is 0.256 e. The molecule has 1 aliphatic heterocycles. The largest absolute Gasteiger partial charge is 0.489 e. The molecule has 0 unspecified atom stereocenters. The van der Waals surface area contributed by atoms with Gasteiger partial charge in [0.15, 0.2) is 0 Å². The molecule has 0 radical (unpaired) electrons. The molecule has 196 valence electrons. The first kappa shape index (κ1) is 24.7. The number of amides is 1. The molecule has 1 amide bonds. The number of morpholine rings is 1. The summed E-state index contributed by atoms with van der Waals surface area (Å²) in [5.41, 5.74) is 4.48. The van der Waals surface area contributed by atoms with Gasteiger partial charge < -0.3 is 18.9 Å². The lowest BCUT2D eigenvalue weighted by molar-refractivity contribution is 0.0304. The van der Waals surface area contributed by atoms with Crippen LogP contribution in [-0.2, 0) is 17.9 Å².